The van der Waals surface area contributed by atoms with Gasteiger partial charge in [-0.1, -0.05) is 0 Å². The van der Waals surface area contributed by atoms with Gasteiger partial charge in [-0.2, -0.15) is 0 Å². The van der Waals surface area contributed by atoms with E-state index in [1.807, 2.05) is 5.38 Å². The molecule has 4 rings (SSSR count). The SMILES string of the molecule is CC(=O)N(c1ccc(F)cc1)c1nc(CN2CCC3(CCNC3)C2)cs1. The van der Waals surface area contributed by atoms with Crippen LogP contribution in [0.25, 0.3) is 0 Å². The first kappa shape index (κ1) is 17.6. The maximum atomic E-state index is 13.2. The molecule has 1 unspecified atom stereocenters. The van der Waals surface area contributed by atoms with Gasteiger partial charge < -0.3 is 5.32 Å². The van der Waals surface area contributed by atoms with Crippen LogP contribution in [-0.4, -0.2) is 42.0 Å². The van der Waals surface area contributed by atoms with Crippen LogP contribution in [0, 0.1) is 11.2 Å². The number of nitrogens with zero attached hydrogens (tertiary/aromatic N) is 3. The molecule has 26 heavy (non-hydrogen) atoms. The minimum Gasteiger partial charge on any atom is -0.316 e. The summed E-state index contributed by atoms with van der Waals surface area (Å²) < 4.78 is 13.2. The van der Waals surface area contributed by atoms with Gasteiger partial charge in [0.2, 0.25) is 5.91 Å². The third-order valence-corrected chi connectivity index (χ3v) is 6.24. The molecule has 0 radical (unpaired) electrons. The third-order valence-electron chi connectivity index (χ3n) is 5.37. The number of carbonyl (C=O) groups is 1. The van der Waals surface area contributed by atoms with Gasteiger partial charge in [0.05, 0.1) is 11.4 Å². The maximum Gasteiger partial charge on any atom is 0.230 e. The van der Waals surface area contributed by atoms with Crippen molar-refractivity contribution in [2.45, 2.75) is 26.3 Å². The van der Waals surface area contributed by atoms with Crippen molar-refractivity contribution in [3.8, 4) is 0 Å². The van der Waals surface area contributed by atoms with E-state index in [0.717, 1.165) is 38.4 Å². The van der Waals surface area contributed by atoms with Crippen LogP contribution in [0.1, 0.15) is 25.5 Å². The Kier molecular flexibility index (Phi) is 4.77. The zero-order valence-electron chi connectivity index (χ0n) is 14.9. The number of rotatable bonds is 4. The summed E-state index contributed by atoms with van der Waals surface area (Å²) in [5, 5.41) is 6.14. The number of hydrogen-bond donors (Lipinski definition) is 1. The number of carbonyl (C=O) groups excluding carboxylic acids is 1. The number of nitrogens with one attached hydrogen (secondary N) is 1. The molecule has 3 heterocycles. The van der Waals surface area contributed by atoms with Crippen molar-refractivity contribution in [2.75, 3.05) is 31.1 Å². The van der Waals surface area contributed by atoms with Gasteiger partial charge in [-0.3, -0.25) is 14.6 Å². The molecule has 1 amide bonds. The average molecular weight is 374 g/mol. The molecule has 0 bridgehead atoms. The van der Waals surface area contributed by atoms with E-state index in [9.17, 15) is 9.18 Å². The fourth-order valence-corrected chi connectivity index (χ4v) is 4.90. The topological polar surface area (TPSA) is 48.5 Å². The van der Waals surface area contributed by atoms with Gasteiger partial charge in [0.15, 0.2) is 5.13 Å². The summed E-state index contributed by atoms with van der Waals surface area (Å²) in [6.45, 7) is 6.77. The Labute approximate surface area is 156 Å². The van der Waals surface area contributed by atoms with Crippen LogP contribution >= 0.6 is 11.3 Å². The third kappa shape index (κ3) is 3.51. The lowest BCUT2D eigenvalue weighted by Gasteiger charge is -2.22. The molecule has 1 atom stereocenters. The molecular formula is C19H23FN4OS. The smallest absolute Gasteiger partial charge is 0.230 e. The van der Waals surface area contributed by atoms with Crippen LogP contribution < -0.4 is 10.2 Å². The predicted molar refractivity (Wildman–Crippen MR) is 101 cm³/mol. The van der Waals surface area contributed by atoms with Gasteiger partial charge in [-0.15, -0.1) is 11.3 Å². The first-order valence-electron chi connectivity index (χ1n) is 8.98. The van der Waals surface area contributed by atoms with E-state index >= 15 is 0 Å². The van der Waals surface area contributed by atoms with Crippen LogP contribution in [-0.2, 0) is 11.3 Å². The van der Waals surface area contributed by atoms with Crippen LogP contribution in [0.3, 0.4) is 0 Å². The molecule has 2 aromatic rings. The summed E-state index contributed by atoms with van der Waals surface area (Å²) in [5.41, 5.74) is 2.07. The molecule has 2 aliphatic heterocycles. The Morgan fingerprint density at radius 1 is 1.38 bits per heavy atom. The lowest BCUT2D eigenvalue weighted by atomic mass is 9.87. The Balaban J connectivity index is 1.48. The highest BCUT2D eigenvalue weighted by molar-refractivity contribution is 7.14. The molecule has 7 heteroatoms. The second kappa shape index (κ2) is 7.06. The van der Waals surface area contributed by atoms with Crippen LogP contribution in [0.15, 0.2) is 29.6 Å². The molecule has 2 saturated heterocycles. The molecule has 2 aliphatic rings. The van der Waals surface area contributed by atoms with Crippen molar-refractivity contribution in [2.24, 2.45) is 5.41 Å². The number of benzene rings is 1. The molecular weight excluding hydrogens is 351 g/mol. The number of amides is 1. The summed E-state index contributed by atoms with van der Waals surface area (Å²) in [6, 6.07) is 5.93. The minimum absolute atomic E-state index is 0.130. The molecule has 1 aromatic carbocycles. The van der Waals surface area contributed by atoms with Crippen molar-refractivity contribution in [1.29, 1.82) is 0 Å². The van der Waals surface area contributed by atoms with Gasteiger partial charge in [-0.25, -0.2) is 9.37 Å². The molecule has 0 aliphatic carbocycles. The molecule has 1 N–H and O–H groups in total. The molecule has 2 fully saturated rings. The summed E-state index contributed by atoms with van der Waals surface area (Å²) in [4.78, 5) is 20.8. The quantitative estimate of drug-likeness (QED) is 0.893. The van der Waals surface area contributed by atoms with E-state index in [1.54, 1.807) is 17.0 Å². The van der Waals surface area contributed by atoms with E-state index in [1.165, 1.54) is 43.2 Å². The standard InChI is InChI=1S/C19H23FN4OS/c1-14(25)24(17-4-2-15(20)3-5-17)18-22-16(11-26-18)10-23-9-7-19(13-23)6-8-21-12-19/h2-5,11,21H,6-10,12-13H2,1H3. The van der Waals surface area contributed by atoms with E-state index in [2.05, 4.69) is 15.2 Å². The molecule has 0 saturated carbocycles. The summed E-state index contributed by atoms with van der Waals surface area (Å²) in [5.74, 6) is -0.448. The van der Waals surface area contributed by atoms with Gasteiger partial charge in [0.25, 0.3) is 0 Å². The van der Waals surface area contributed by atoms with Crippen molar-refractivity contribution >= 4 is 28.1 Å². The number of likely N-dealkylation sites (tertiary alicyclic amines) is 1. The Bertz CT molecular complexity index is 785. The highest BCUT2D eigenvalue weighted by Gasteiger charge is 2.40. The summed E-state index contributed by atoms with van der Waals surface area (Å²) in [7, 11) is 0. The van der Waals surface area contributed by atoms with Crippen molar-refractivity contribution in [1.82, 2.24) is 15.2 Å². The first-order chi connectivity index (χ1) is 12.5. The first-order valence-corrected chi connectivity index (χ1v) is 9.86. The highest BCUT2D eigenvalue weighted by atomic mass is 32.1. The van der Waals surface area contributed by atoms with Crippen LogP contribution in [0.5, 0.6) is 0 Å². The predicted octanol–water partition coefficient (Wildman–Crippen LogP) is 3.15. The second-order valence-corrected chi connectivity index (χ2v) is 8.18. The van der Waals surface area contributed by atoms with E-state index < -0.39 is 0 Å². The normalized spacial score (nSPS) is 23.0. The van der Waals surface area contributed by atoms with Crippen molar-refractivity contribution in [3.63, 3.8) is 0 Å². The second-order valence-electron chi connectivity index (χ2n) is 7.34. The number of aromatic nitrogens is 1. The lowest BCUT2D eigenvalue weighted by Crippen LogP contribution is -2.29. The van der Waals surface area contributed by atoms with Gasteiger partial charge in [-0.05, 0) is 55.6 Å². The van der Waals surface area contributed by atoms with Crippen molar-refractivity contribution in [3.05, 3.63) is 41.2 Å². The summed E-state index contributed by atoms with van der Waals surface area (Å²) >= 11 is 1.45. The maximum absolute atomic E-state index is 13.2. The molecule has 5 nitrogen and oxygen atoms in total. The Hall–Kier alpha value is -1.83. The fraction of sp³-hybridized carbons (Fsp3) is 0.474. The van der Waals surface area contributed by atoms with Crippen LogP contribution in [0.4, 0.5) is 15.2 Å². The Morgan fingerprint density at radius 3 is 2.88 bits per heavy atom. The number of anilines is 2. The summed E-state index contributed by atoms with van der Waals surface area (Å²) in [6.07, 6.45) is 2.50. The molecule has 1 aromatic heterocycles. The minimum atomic E-state index is -0.318. The highest BCUT2D eigenvalue weighted by Crippen LogP contribution is 2.37. The number of halogens is 1. The lowest BCUT2D eigenvalue weighted by molar-refractivity contribution is -0.115. The van der Waals surface area contributed by atoms with Gasteiger partial charge >= 0.3 is 0 Å². The van der Waals surface area contributed by atoms with Gasteiger partial charge in [0.1, 0.15) is 5.82 Å². The van der Waals surface area contributed by atoms with Crippen LogP contribution in [0.2, 0.25) is 0 Å². The Morgan fingerprint density at radius 2 is 2.19 bits per heavy atom. The van der Waals surface area contributed by atoms with E-state index in [-0.39, 0.29) is 11.7 Å². The number of hydrogen-bond acceptors (Lipinski definition) is 5. The number of thiazole rings is 1. The fourth-order valence-electron chi connectivity index (χ4n) is 4.02. The zero-order chi connectivity index (χ0) is 18.1. The largest absolute Gasteiger partial charge is 0.316 e. The monoisotopic (exact) mass is 374 g/mol. The molecule has 1 spiro atoms. The van der Waals surface area contributed by atoms with E-state index in [4.69, 9.17) is 0 Å². The molecule has 138 valence electrons. The van der Waals surface area contributed by atoms with E-state index in [0.29, 0.717) is 16.2 Å². The van der Waals surface area contributed by atoms with Gasteiger partial charge in [0, 0.05) is 31.9 Å². The average Bonchev–Trinajstić information content (AvgIpc) is 3.34. The zero-order valence-corrected chi connectivity index (χ0v) is 15.7. The van der Waals surface area contributed by atoms with Crippen molar-refractivity contribution < 1.29 is 9.18 Å².